The van der Waals surface area contributed by atoms with Crippen molar-refractivity contribution < 1.29 is 4.52 Å². The SMILES string of the molecule is CCc1nc(N2CCN([C@@H]3CCc4ccccc4C3)CC2)no1. The topological polar surface area (TPSA) is 45.4 Å². The Morgan fingerprint density at radius 3 is 2.65 bits per heavy atom. The van der Waals surface area contributed by atoms with Crippen molar-refractivity contribution >= 4 is 5.95 Å². The van der Waals surface area contributed by atoms with Crippen molar-refractivity contribution in [2.24, 2.45) is 0 Å². The van der Waals surface area contributed by atoms with Gasteiger partial charge in [-0.15, -0.1) is 0 Å². The number of anilines is 1. The van der Waals surface area contributed by atoms with Gasteiger partial charge in [-0.25, -0.2) is 0 Å². The van der Waals surface area contributed by atoms with E-state index in [1.165, 1.54) is 24.8 Å². The van der Waals surface area contributed by atoms with Gasteiger partial charge in [0.25, 0.3) is 5.95 Å². The number of fused-ring (bicyclic) bond motifs is 1. The third kappa shape index (κ3) is 2.98. The van der Waals surface area contributed by atoms with Gasteiger partial charge in [-0.2, -0.15) is 4.98 Å². The smallest absolute Gasteiger partial charge is 0.266 e. The van der Waals surface area contributed by atoms with E-state index >= 15 is 0 Å². The Morgan fingerprint density at radius 2 is 1.91 bits per heavy atom. The minimum atomic E-state index is 0.684. The maximum absolute atomic E-state index is 5.23. The van der Waals surface area contributed by atoms with Crippen LogP contribution in [-0.4, -0.2) is 47.3 Å². The molecule has 2 aliphatic rings. The first-order chi connectivity index (χ1) is 11.3. The average molecular weight is 312 g/mol. The molecule has 5 heteroatoms. The first kappa shape index (κ1) is 14.7. The third-order valence-electron chi connectivity index (χ3n) is 5.19. The molecule has 23 heavy (non-hydrogen) atoms. The van der Waals surface area contributed by atoms with Crippen LogP contribution in [0.15, 0.2) is 28.8 Å². The number of hydrogen-bond donors (Lipinski definition) is 0. The van der Waals surface area contributed by atoms with E-state index in [-0.39, 0.29) is 0 Å². The van der Waals surface area contributed by atoms with E-state index < -0.39 is 0 Å². The van der Waals surface area contributed by atoms with Gasteiger partial charge in [0.1, 0.15) is 0 Å². The van der Waals surface area contributed by atoms with Crippen molar-refractivity contribution in [3.05, 3.63) is 41.3 Å². The average Bonchev–Trinajstić information content (AvgIpc) is 3.11. The Kier molecular flexibility index (Phi) is 4.04. The molecule has 4 rings (SSSR count). The number of hydrogen-bond acceptors (Lipinski definition) is 5. The van der Waals surface area contributed by atoms with Crippen molar-refractivity contribution in [1.29, 1.82) is 0 Å². The van der Waals surface area contributed by atoms with Crippen LogP contribution < -0.4 is 4.90 Å². The second-order valence-corrected chi connectivity index (χ2v) is 6.53. The van der Waals surface area contributed by atoms with E-state index in [0.29, 0.717) is 6.04 Å². The van der Waals surface area contributed by atoms with Crippen LogP contribution in [-0.2, 0) is 19.3 Å². The monoisotopic (exact) mass is 312 g/mol. The van der Waals surface area contributed by atoms with Crippen LogP contribution in [0.1, 0.15) is 30.4 Å². The van der Waals surface area contributed by atoms with Crippen LogP contribution in [0, 0.1) is 0 Å². The van der Waals surface area contributed by atoms with Gasteiger partial charge in [0.15, 0.2) is 0 Å². The van der Waals surface area contributed by atoms with Crippen molar-refractivity contribution in [3.8, 4) is 0 Å². The van der Waals surface area contributed by atoms with Crippen LogP contribution in [0.2, 0.25) is 0 Å². The first-order valence-electron chi connectivity index (χ1n) is 8.72. The molecular formula is C18H24N4O. The minimum Gasteiger partial charge on any atom is -0.337 e. The molecule has 0 N–H and O–H groups in total. The second-order valence-electron chi connectivity index (χ2n) is 6.53. The molecule has 0 spiro atoms. The predicted octanol–water partition coefficient (Wildman–Crippen LogP) is 2.31. The van der Waals surface area contributed by atoms with Crippen molar-refractivity contribution in [2.45, 2.75) is 38.6 Å². The fraction of sp³-hybridized carbons (Fsp3) is 0.556. The lowest BCUT2D eigenvalue weighted by atomic mass is 9.87. The summed E-state index contributed by atoms with van der Waals surface area (Å²) in [4.78, 5) is 9.34. The summed E-state index contributed by atoms with van der Waals surface area (Å²) < 4.78 is 5.23. The molecule has 2 aromatic rings. The summed E-state index contributed by atoms with van der Waals surface area (Å²) in [5, 5.41) is 4.10. The molecule has 0 unspecified atom stereocenters. The molecule has 5 nitrogen and oxygen atoms in total. The number of aryl methyl sites for hydroxylation is 2. The highest BCUT2D eigenvalue weighted by molar-refractivity contribution is 5.31. The molecule has 1 aromatic heterocycles. The van der Waals surface area contributed by atoms with Crippen LogP contribution >= 0.6 is 0 Å². The van der Waals surface area contributed by atoms with Crippen molar-refractivity contribution in [1.82, 2.24) is 15.0 Å². The number of aromatic nitrogens is 2. The highest BCUT2D eigenvalue weighted by atomic mass is 16.5. The zero-order valence-corrected chi connectivity index (χ0v) is 13.7. The molecule has 122 valence electrons. The second kappa shape index (κ2) is 6.32. The van der Waals surface area contributed by atoms with Gasteiger partial charge in [0, 0.05) is 38.6 Å². The standard InChI is InChI=1S/C18H24N4O/c1-2-17-19-18(20-23-17)22-11-9-21(10-12-22)16-8-7-14-5-3-4-6-15(14)13-16/h3-6,16H,2,7-13H2,1H3/t16-/m1/s1. The Bertz CT molecular complexity index is 661. The van der Waals surface area contributed by atoms with E-state index in [1.54, 1.807) is 5.56 Å². The Balaban J connectivity index is 1.37. The van der Waals surface area contributed by atoms with E-state index in [9.17, 15) is 0 Å². The molecule has 1 saturated heterocycles. The van der Waals surface area contributed by atoms with Gasteiger partial charge in [0.05, 0.1) is 0 Å². The van der Waals surface area contributed by atoms with Crippen LogP contribution in [0.25, 0.3) is 0 Å². The molecule has 0 saturated carbocycles. The molecule has 0 amide bonds. The summed E-state index contributed by atoms with van der Waals surface area (Å²) in [6.07, 6.45) is 4.48. The van der Waals surface area contributed by atoms with Gasteiger partial charge in [-0.1, -0.05) is 31.2 Å². The minimum absolute atomic E-state index is 0.684. The van der Waals surface area contributed by atoms with Gasteiger partial charge in [0.2, 0.25) is 5.89 Å². The number of benzene rings is 1. The lowest BCUT2D eigenvalue weighted by molar-refractivity contribution is 0.169. The molecule has 2 heterocycles. The van der Waals surface area contributed by atoms with E-state index in [1.807, 2.05) is 6.92 Å². The van der Waals surface area contributed by atoms with Crippen LogP contribution in [0.5, 0.6) is 0 Å². The summed E-state index contributed by atoms with van der Waals surface area (Å²) in [7, 11) is 0. The molecule has 1 aliphatic carbocycles. The van der Waals surface area contributed by atoms with E-state index in [4.69, 9.17) is 4.52 Å². The maximum atomic E-state index is 5.23. The maximum Gasteiger partial charge on any atom is 0.266 e. The number of rotatable bonds is 3. The van der Waals surface area contributed by atoms with Gasteiger partial charge >= 0.3 is 0 Å². The van der Waals surface area contributed by atoms with Crippen molar-refractivity contribution in [2.75, 3.05) is 31.1 Å². The van der Waals surface area contributed by atoms with Gasteiger partial charge < -0.3 is 9.42 Å². The lowest BCUT2D eigenvalue weighted by Gasteiger charge is -2.40. The zero-order valence-electron chi connectivity index (χ0n) is 13.7. The highest BCUT2D eigenvalue weighted by Gasteiger charge is 2.28. The fourth-order valence-electron chi connectivity index (χ4n) is 3.80. The zero-order chi connectivity index (χ0) is 15.6. The third-order valence-corrected chi connectivity index (χ3v) is 5.19. The highest BCUT2D eigenvalue weighted by Crippen LogP contribution is 2.25. The normalized spacial score (nSPS) is 22.1. The van der Waals surface area contributed by atoms with E-state index in [0.717, 1.165) is 44.4 Å². The Morgan fingerprint density at radius 1 is 1.13 bits per heavy atom. The Labute approximate surface area is 137 Å². The summed E-state index contributed by atoms with van der Waals surface area (Å²) in [6.45, 7) is 6.18. The summed E-state index contributed by atoms with van der Waals surface area (Å²) in [5.74, 6) is 1.49. The molecule has 1 atom stereocenters. The summed E-state index contributed by atoms with van der Waals surface area (Å²) in [5.41, 5.74) is 3.08. The number of nitrogens with zero attached hydrogens (tertiary/aromatic N) is 4. The molecular weight excluding hydrogens is 288 g/mol. The first-order valence-corrected chi connectivity index (χ1v) is 8.72. The van der Waals surface area contributed by atoms with Crippen molar-refractivity contribution in [3.63, 3.8) is 0 Å². The van der Waals surface area contributed by atoms with E-state index in [2.05, 4.69) is 44.2 Å². The van der Waals surface area contributed by atoms with Crippen LogP contribution in [0.3, 0.4) is 0 Å². The largest absolute Gasteiger partial charge is 0.337 e. The summed E-state index contributed by atoms with van der Waals surface area (Å²) >= 11 is 0. The fourth-order valence-corrected chi connectivity index (χ4v) is 3.80. The van der Waals surface area contributed by atoms with Crippen LogP contribution in [0.4, 0.5) is 5.95 Å². The summed E-state index contributed by atoms with van der Waals surface area (Å²) in [6, 6.07) is 9.59. The molecule has 0 radical (unpaired) electrons. The van der Waals surface area contributed by atoms with Gasteiger partial charge in [-0.3, -0.25) is 4.90 Å². The Hall–Kier alpha value is -1.88. The molecule has 0 bridgehead atoms. The molecule has 1 fully saturated rings. The number of piperazine rings is 1. The lowest BCUT2D eigenvalue weighted by Crippen LogP contribution is -2.52. The molecule has 1 aliphatic heterocycles. The quantitative estimate of drug-likeness (QED) is 0.870. The van der Waals surface area contributed by atoms with Gasteiger partial charge in [-0.05, 0) is 35.5 Å². The molecule has 1 aromatic carbocycles. The predicted molar refractivity (Wildman–Crippen MR) is 89.7 cm³/mol.